The van der Waals surface area contributed by atoms with Gasteiger partial charge in [0, 0.05) is 24.9 Å². The maximum atomic E-state index is 11.6. The Morgan fingerprint density at radius 2 is 2.19 bits per heavy atom. The molecule has 1 aromatic heterocycles. The standard InChI is InChI=1S/C15H23N3O3/c1-15(2,6-5-13(20)21)7-8-16-11-9-12(19)18-14(17-11)10-3-4-10/h9-10H,3-8H2,1-2H3,(H,20,21)(H2,16,17,18,19). The van der Waals surface area contributed by atoms with Crippen LogP contribution in [0, 0.1) is 5.41 Å². The van der Waals surface area contributed by atoms with Gasteiger partial charge in [0.15, 0.2) is 0 Å². The second-order valence-electron chi connectivity index (χ2n) is 6.52. The summed E-state index contributed by atoms with van der Waals surface area (Å²) in [6, 6.07) is 1.47. The molecule has 2 rings (SSSR count). The number of H-pyrrole nitrogens is 1. The van der Waals surface area contributed by atoms with Gasteiger partial charge in [-0.25, -0.2) is 4.98 Å². The molecule has 6 nitrogen and oxygen atoms in total. The summed E-state index contributed by atoms with van der Waals surface area (Å²) in [6.07, 6.45) is 3.83. The van der Waals surface area contributed by atoms with Gasteiger partial charge in [0.1, 0.15) is 11.6 Å². The Bertz CT molecular complexity index is 562. The highest BCUT2D eigenvalue weighted by atomic mass is 16.4. The third-order valence-corrected chi connectivity index (χ3v) is 3.85. The van der Waals surface area contributed by atoms with Crippen molar-refractivity contribution in [3.63, 3.8) is 0 Å². The van der Waals surface area contributed by atoms with E-state index < -0.39 is 5.97 Å². The smallest absolute Gasteiger partial charge is 0.303 e. The molecule has 0 aliphatic heterocycles. The molecule has 3 N–H and O–H groups in total. The fourth-order valence-corrected chi connectivity index (χ4v) is 2.22. The van der Waals surface area contributed by atoms with E-state index in [1.165, 1.54) is 6.07 Å². The van der Waals surface area contributed by atoms with Crippen molar-refractivity contribution in [2.75, 3.05) is 11.9 Å². The number of hydrogen-bond donors (Lipinski definition) is 3. The van der Waals surface area contributed by atoms with Gasteiger partial charge in [-0.15, -0.1) is 0 Å². The van der Waals surface area contributed by atoms with Gasteiger partial charge in [-0.3, -0.25) is 9.59 Å². The van der Waals surface area contributed by atoms with Crippen LogP contribution in [0.15, 0.2) is 10.9 Å². The minimum absolute atomic E-state index is 0.0497. The first-order chi connectivity index (χ1) is 9.85. The number of carboxylic acid groups (broad SMARTS) is 1. The molecule has 1 heterocycles. The summed E-state index contributed by atoms with van der Waals surface area (Å²) in [6.45, 7) is 4.78. The van der Waals surface area contributed by atoms with E-state index in [1.54, 1.807) is 0 Å². The third-order valence-electron chi connectivity index (χ3n) is 3.85. The highest BCUT2D eigenvalue weighted by Gasteiger charge is 2.26. The quantitative estimate of drug-likeness (QED) is 0.684. The fraction of sp³-hybridized carbons (Fsp3) is 0.667. The number of aromatic amines is 1. The number of hydrogen-bond acceptors (Lipinski definition) is 4. The van der Waals surface area contributed by atoms with Gasteiger partial charge in [0.25, 0.3) is 5.56 Å². The average Bonchev–Trinajstić information content (AvgIpc) is 3.20. The molecule has 0 spiro atoms. The Labute approximate surface area is 124 Å². The monoisotopic (exact) mass is 293 g/mol. The highest BCUT2D eigenvalue weighted by molar-refractivity contribution is 5.66. The number of aromatic nitrogens is 2. The molecule has 0 bridgehead atoms. The van der Waals surface area contributed by atoms with Crippen LogP contribution in [0.5, 0.6) is 0 Å². The second-order valence-corrected chi connectivity index (χ2v) is 6.52. The van der Waals surface area contributed by atoms with Crippen LogP contribution in [0.25, 0.3) is 0 Å². The molecule has 1 aliphatic carbocycles. The normalized spacial score (nSPS) is 15.0. The van der Waals surface area contributed by atoms with Crippen molar-refractivity contribution >= 4 is 11.8 Å². The molecule has 1 fully saturated rings. The Balaban J connectivity index is 1.85. The summed E-state index contributed by atoms with van der Waals surface area (Å²) in [7, 11) is 0. The van der Waals surface area contributed by atoms with Crippen molar-refractivity contribution in [3.05, 3.63) is 22.2 Å². The summed E-state index contributed by atoms with van der Waals surface area (Å²) in [5.41, 5.74) is -0.175. The van der Waals surface area contributed by atoms with Crippen molar-refractivity contribution in [2.24, 2.45) is 5.41 Å². The second kappa shape index (κ2) is 6.28. The molecule has 0 saturated heterocycles. The molecule has 1 saturated carbocycles. The lowest BCUT2D eigenvalue weighted by molar-refractivity contribution is -0.137. The van der Waals surface area contributed by atoms with Crippen LogP contribution in [0.3, 0.4) is 0 Å². The Morgan fingerprint density at radius 3 is 2.81 bits per heavy atom. The molecule has 0 aromatic carbocycles. The predicted octanol–water partition coefficient (Wildman–Crippen LogP) is 2.34. The summed E-state index contributed by atoms with van der Waals surface area (Å²) >= 11 is 0. The molecule has 1 aromatic rings. The lowest BCUT2D eigenvalue weighted by Crippen LogP contribution is -2.20. The van der Waals surface area contributed by atoms with E-state index in [9.17, 15) is 9.59 Å². The van der Waals surface area contributed by atoms with Crippen LogP contribution in [0.4, 0.5) is 5.82 Å². The zero-order valence-corrected chi connectivity index (χ0v) is 12.6. The first kappa shape index (κ1) is 15.5. The van der Waals surface area contributed by atoms with Gasteiger partial charge in [-0.05, 0) is 31.1 Å². The molecular weight excluding hydrogens is 270 g/mol. The maximum Gasteiger partial charge on any atom is 0.303 e. The number of aliphatic carboxylic acids is 1. The van der Waals surface area contributed by atoms with Crippen LogP contribution in [-0.2, 0) is 4.79 Å². The fourth-order valence-electron chi connectivity index (χ4n) is 2.22. The Hall–Kier alpha value is -1.85. The van der Waals surface area contributed by atoms with E-state index in [0.717, 1.165) is 25.1 Å². The number of nitrogens with one attached hydrogen (secondary N) is 2. The molecule has 0 atom stereocenters. The molecule has 0 radical (unpaired) electrons. The zero-order valence-electron chi connectivity index (χ0n) is 12.6. The highest BCUT2D eigenvalue weighted by Crippen LogP contribution is 2.37. The minimum Gasteiger partial charge on any atom is -0.481 e. The Morgan fingerprint density at radius 1 is 1.48 bits per heavy atom. The molecule has 1 aliphatic rings. The van der Waals surface area contributed by atoms with Crippen molar-refractivity contribution in [1.29, 1.82) is 0 Å². The number of rotatable bonds is 8. The van der Waals surface area contributed by atoms with Gasteiger partial charge >= 0.3 is 5.97 Å². The van der Waals surface area contributed by atoms with Crippen molar-refractivity contribution < 1.29 is 9.90 Å². The first-order valence-electron chi connectivity index (χ1n) is 7.43. The number of carboxylic acids is 1. The van der Waals surface area contributed by atoms with Crippen LogP contribution in [0.1, 0.15) is 57.7 Å². The van der Waals surface area contributed by atoms with Gasteiger partial charge in [-0.2, -0.15) is 0 Å². The van der Waals surface area contributed by atoms with E-state index >= 15 is 0 Å². The SMILES string of the molecule is CC(C)(CCNc1cc(=O)[nH]c(C2CC2)n1)CCC(=O)O. The summed E-state index contributed by atoms with van der Waals surface area (Å²) < 4.78 is 0. The largest absolute Gasteiger partial charge is 0.481 e. The van der Waals surface area contributed by atoms with Crippen molar-refractivity contribution in [1.82, 2.24) is 9.97 Å². The van der Waals surface area contributed by atoms with Gasteiger partial charge in [-0.1, -0.05) is 13.8 Å². The van der Waals surface area contributed by atoms with Gasteiger partial charge < -0.3 is 15.4 Å². The van der Waals surface area contributed by atoms with Crippen LogP contribution in [0.2, 0.25) is 0 Å². The van der Waals surface area contributed by atoms with Crippen LogP contribution < -0.4 is 10.9 Å². The molecule has 0 amide bonds. The molecule has 6 heteroatoms. The summed E-state index contributed by atoms with van der Waals surface area (Å²) in [5.74, 6) is 1.03. The Kier molecular flexibility index (Phi) is 4.65. The molecule has 116 valence electrons. The van der Waals surface area contributed by atoms with Gasteiger partial charge in [0.05, 0.1) is 0 Å². The van der Waals surface area contributed by atoms with Crippen molar-refractivity contribution in [3.8, 4) is 0 Å². The molecule has 0 unspecified atom stereocenters. The van der Waals surface area contributed by atoms with Crippen LogP contribution in [-0.4, -0.2) is 27.6 Å². The van der Waals surface area contributed by atoms with Gasteiger partial charge in [0.2, 0.25) is 0 Å². The van der Waals surface area contributed by atoms with E-state index in [1.807, 2.05) is 0 Å². The topological polar surface area (TPSA) is 95.1 Å². The van der Waals surface area contributed by atoms with Crippen molar-refractivity contribution in [2.45, 2.75) is 51.9 Å². The number of anilines is 1. The number of nitrogens with zero attached hydrogens (tertiary/aromatic N) is 1. The lowest BCUT2D eigenvalue weighted by atomic mass is 9.84. The average molecular weight is 293 g/mol. The summed E-state index contributed by atoms with van der Waals surface area (Å²) in [4.78, 5) is 29.4. The van der Waals surface area contributed by atoms with E-state index in [0.29, 0.717) is 24.7 Å². The van der Waals surface area contributed by atoms with E-state index in [4.69, 9.17) is 5.11 Å². The molecular formula is C15H23N3O3. The third kappa shape index (κ3) is 5.21. The van der Waals surface area contributed by atoms with E-state index in [2.05, 4.69) is 29.1 Å². The maximum absolute atomic E-state index is 11.6. The predicted molar refractivity (Wildman–Crippen MR) is 80.6 cm³/mol. The zero-order chi connectivity index (χ0) is 15.5. The lowest BCUT2D eigenvalue weighted by Gasteiger charge is -2.24. The van der Waals surface area contributed by atoms with Crippen LogP contribution >= 0.6 is 0 Å². The minimum atomic E-state index is -0.763. The molecule has 21 heavy (non-hydrogen) atoms. The first-order valence-corrected chi connectivity index (χ1v) is 7.43. The summed E-state index contributed by atoms with van der Waals surface area (Å²) in [5, 5.41) is 11.9. The van der Waals surface area contributed by atoms with E-state index in [-0.39, 0.29) is 17.4 Å². The number of carbonyl (C=O) groups is 1.